The topological polar surface area (TPSA) is 113 Å². The van der Waals surface area contributed by atoms with Crippen LogP contribution in [0.1, 0.15) is 41.5 Å². The maximum Gasteiger partial charge on any atom is 0.291 e. The van der Waals surface area contributed by atoms with Gasteiger partial charge in [-0.2, -0.15) is 10.2 Å². The normalized spacial score (nSPS) is 11.0. The van der Waals surface area contributed by atoms with E-state index in [1.54, 1.807) is 18.2 Å². The van der Waals surface area contributed by atoms with Gasteiger partial charge in [0.1, 0.15) is 0 Å². The van der Waals surface area contributed by atoms with Gasteiger partial charge in [0.2, 0.25) is 0 Å². The van der Waals surface area contributed by atoms with Crippen molar-refractivity contribution in [3.8, 4) is 0 Å². The van der Waals surface area contributed by atoms with Crippen molar-refractivity contribution in [3.63, 3.8) is 0 Å². The molecule has 22 heavy (non-hydrogen) atoms. The average molecular weight is 301 g/mol. The number of nitrogens with zero attached hydrogens (tertiary/aromatic N) is 3. The molecule has 2 N–H and O–H groups in total. The lowest BCUT2D eigenvalue weighted by Crippen LogP contribution is -2.18. The van der Waals surface area contributed by atoms with Gasteiger partial charge >= 0.3 is 0 Å². The van der Waals surface area contributed by atoms with Crippen molar-refractivity contribution in [1.29, 1.82) is 0 Å². The van der Waals surface area contributed by atoms with Gasteiger partial charge in [-0.05, 0) is 29.7 Å². The minimum absolute atomic E-state index is 0.000997. The molecular formula is C14H15N5O3. The van der Waals surface area contributed by atoms with E-state index < -0.39 is 10.8 Å². The third-order valence-electron chi connectivity index (χ3n) is 2.94. The summed E-state index contributed by atoms with van der Waals surface area (Å²) in [7, 11) is 0. The number of aromatic nitrogens is 2. The number of carbonyl (C=O) groups is 1. The van der Waals surface area contributed by atoms with Gasteiger partial charge in [-0.3, -0.25) is 20.0 Å². The molecule has 0 unspecified atom stereocenters. The SMILES string of the molecule is CC(C)c1cc(C(=O)N/N=C\c2ccc([N+](=O)[O-])cc2)n[nH]1. The molecule has 0 aliphatic carbocycles. The van der Waals surface area contributed by atoms with E-state index in [9.17, 15) is 14.9 Å². The Bertz CT molecular complexity index is 704. The van der Waals surface area contributed by atoms with Gasteiger partial charge in [0, 0.05) is 17.8 Å². The van der Waals surface area contributed by atoms with Crippen molar-refractivity contribution >= 4 is 17.8 Å². The Labute approximate surface area is 126 Å². The van der Waals surface area contributed by atoms with Crippen LogP contribution in [0.25, 0.3) is 0 Å². The molecule has 0 saturated heterocycles. The van der Waals surface area contributed by atoms with Gasteiger partial charge < -0.3 is 0 Å². The lowest BCUT2D eigenvalue weighted by Gasteiger charge is -1.97. The summed E-state index contributed by atoms with van der Waals surface area (Å²) in [4.78, 5) is 21.9. The minimum atomic E-state index is -0.480. The minimum Gasteiger partial charge on any atom is -0.282 e. The number of hydrogen-bond donors (Lipinski definition) is 2. The summed E-state index contributed by atoms with van der Waals surface area (Å²) in [6.45, 7) is 3.98. The predicted octanol–water partition coefficient (Wildman–Crippen LogP) is 2.21. The Morgan fingerprint density at radius 2 is 2.09 bits per heavy atom. The molecule has 0 aliphatic heterocycles. The van der Waals surface area contributed by atoms with Crippen molar-refractivity contribution in [2.75, 3.05) is 0 Å². The molecule has 0 radical (unpaired) electrons. The van der Waals surface area contributed by atoms with Crippen LogP contribution < -0.4 is 5.43 Å². The van der Waals surface area contributed by atoms with E-state index in [1.807, 2.05) is 13.8 Å². The van der Waals surface area contributed by atoms with Gasteiger partial charge in [-0.15, -0.1) is 0 Å². The molecule has 0 fully saturated rings. The number of benzene rings is 1. The first kappa shape index (κ1) is 15.4. The highest BCUT2D eigenvalue weighted by molar-refractivity contribution is 5.93. The molecule has 0 aliphatic rings. The fraction of sp³-hybridized carbons (Fsp3) is 0.214. The summed E-state index contributed by atoms with van der Waals surface area (Å²) in [6, 6.07) is 7.48. The molecule has 114 valence electrons. The predicted molar refractivity (Wildman–Crippen MR) is 80.8 cm³/mol. The van der Waals surface area contributed by atoms with Crippen LogP contribution in [0.2, 0.25) is 0 Å². The molecule has 0 atom stereocenters. The molecule has 1 aromatic carbocycles. The Hall–Kier alpha value is -3.03. The van der Waals surface area contributed by atoms with E-state index in [0.29, 0.717) is 5.56 Å². The Balaban J connectivity index is 1.96. The van der Waals surface area contributed by atoms with Crippen LogP contribution in [0.3, 0.4) is 0 Å². The second-order valence-corrected chi connectivity index (χ2v) is 4.91. The van der Waals surface area contributed by atoms with E-state index in [-0.39, 0.29) is 17.3 Å². The number of nitro benzene ring substituents is 1. The number of nitro groups is 1. The van der Waals surface area contributed by atoms with Crippen LogP contribution >= 0.6 is 0 Å². The van der Waals surface area contributed by atoms with Crippen LogP contribution in [-0.2, 0) is 0 Å². The molecule has 0 bridgehead atoms. The number of hydrogen-bond acceptors (Lipinski definition) is 5. The van der Waals surface area contributed by atoms with E-state index in [2.05, 4.69) is 20.7 Å². The zero-order chi connectivity index (χ0) is 16.1. The number of aromatic amines is 1. The van der Waals surface area contributed by atoms with Gasteiger partial charge in [0.15, 0.2) is 5.69 Å². The molecule has 0 spiro atoms. The van der Waals surface area contributed by atoms with Crippen LogP contribution in [0, 0.1) is 10.1 Å². The maximum atomic E-state index is 11.8. The second-order valence-electron chi connectivity index (χ2n) is 4.91. The van der Waals surface area contributed by atoms with Crippen molar-refractivity contribution < 1.29 is 9.72 Å². The Kier molecular flexibility index (Phi) is 4.62. The van der Waals surface area contributed by atoms with Crippen molar-refractivity contribution in [3.05, 3.63) is 57.4 Å². The number of non-ortho nitro benzene ring substituents is 1. The first-order chi connectivity index (χ1) is 10.5. The lowest BCUT2D eigenvalue weighted by molar-refractivity contribution is -0.384. The summed E-state index contributed by atoms with van der Waals surface area (Å²) in [5, 5.41) is 21.0. The lowest BCUT2D eigenvalue weighted by atomic mass is 10.1. The standard InChI is InChI=1S/C14H15N5O3/c1-9(2)12-7-13(17-16-12)14(20)18-15-8-10-3-5-11(6-4-10)19(21)22/h3-9H,1-2H3,(H,16,17)(H,18,20)/b15-8-. The number of hydrazone groups is 1. The number of amides is 1. The van der Waals surface area contributed by atoms with Crippen molar-refractivity contribution in [1.82, 2.24) is 15.6 Å². The number of rotatable bonds is 5. The molecule has 2 rings (SSSR count). The van der Waals surface area contributed by atoms with E-state index in [1.165, 1.54) is 18.3 Å². The summed E-state index contributed by atoms with van der Waals surface area (Å²) in [5.74, 6) is -0.182. The van der Waals surface area contributed by atoms with Gasteiger partial charge in [-0.25, -0.2) is 5.43 Å². The molecule has 2 aromatic rings. The third kappa shape index (κ3) is 3.75. The summed E-state index contributed by atoms with van der Waals surface area (Å²) in [6.07, 6.45) is 1.40. The molecular weight excluding hydrogens is 286 g/mol. The number of carbonyl (C=O) groups excluding carboxylic acids is 1. The monoisotopic (exact) mass is 301 g/mol. The summed E-state index contributed by atoms with van der Waals surface area (Å²) < 4.78 is 0. The fourth-order valence-electron chi connectivity index (χ4n) is 1.65. The number of nitrogens with one attached hydrogen (secondary N) is 2. The quantitative estimate of drug-likeness (QED) is 0.500. The summed E-state index contributed by atoms with van der Waals surface area (Å²) in [5.41, 5.74) is 4.10. The van der Waals surface area contributed by atoms with E-state index in [4.69, 9.17) is 0 Å². The second kappa shape index (κ2) is 6.61. The van der Waals surface area contributed by atoms with E-state index in [0.717, 1.165) is 5.69 Å². The maximum absolute atomic E-state index is 11.8. The zero-order valence-corrected chi connectivity index (χ0v) is 12.1. The molecule has 1 aromatic heterocycles. The van der Waals surface area contributed by atoms with Crippen LogP contribution in [0.15, 0.2) is 35.4 Å². The molecule has 1 heterocycles. The average Bonchev–Trinajstić information content (AvgIpc) is 2.98. The molecule has 8 nitrogen and oxygen atoms in total. The highest BCUT2D eigenvalue weighted by atomic mass is 16.6. The Morgan fingerprint density at radius 3 is 2.64 bits per heavy atom. The Morgan fingerprint density at radius 1 is 1.41 bits per heavy atom. The largest absolute Gasteiger partial charge is 0.291 e. The van der Waals surface area contributed by atoms with Crippen molar-refractivity contribution in [2.45, 2.75) is 19.8 Å². The van der Waals surface area contributed by atoms with Crippen molar-refractivity contribution in [2.24, 2.45) is 5.10 Å². The van der Waals surface area contributed by atoms with Crippen LogP contribution in [0.5, 0.6) is 0 Å². The molecule has 1 amide bonds. The van der Waals surface area contributed by atoms with E-state index >= 15 is 0 Å². The first-order valence-electron chi connectivity index (χ1n) is 6.60. The third-order valence-corrected chi connectivity index (χ3v) is 2.94. The summed E-state index contributed by atoms with van der Waals surface area (Å²) >= 11 is 0. The highest BCUT2D eigenvalue weighted by Crippen LogP contribution is 2.12. The van der Waals surface area contributed by atoms with Crippen LogP contribution in [-0.4, -0.2) is 27.2 Å². The first-order valence-corrected chi connectivity index (χ1v) is 6.60. The van der Waals surface area contributed by atoms with Gasteiger partial charge in [0.25, 0.3) is 11.6 Å². The molecule has 0 saturated carbocycles. The smallest absolute Gasteiger partial charge is 0.282 e. The van der Waals surface area contributed by atoms with Gasteiger partial charge in [0.05, 0.1) is 11.1 Å². The highest BCUT2D eigenvalue weighted by Gasteiger charge is 2.11. The zero-order valence-electron chi connectivity index (χ0n) is 12.1. The van der Waals surface area contributed by atoms with Gasteiger partial charge in [-0.1, -0.05) is 13.8 Å². The number of H-pyrrole nitrogens is 1. The fourth-order valence-corrected chi connectivity index (χ4v) is 1.65. The van der Waals surface area contributed by atoms with Crippen LogP contribution in [0.4, 0.5) is 5.69 Å². The molecule has 8 heteroatoms.